The van der Waals surface area contributed by atoms with E-state index in [1.807, 2.05) is 41.1 Å². The van der Waals surface area contributed by atoms with Crippen LogP contribution >= 0.6 is 11.3 Å². The molecule has 0 saturated carbocycles. The first kappa shape index (κ1) is 19.8. The van der Waals surface area contributed by atoms with E-state index >= 15 is 0 Å². The van der Waals surface area contributed by atoms with Gasteiger partial charge in [-0.25, -0.2) is 0 Å². The fourth-order valence-corrected chi connectivity index (χ4v) is 3.04. The van der Waals surface area contributed by atoms with Crippen molar-refractivity contribution in [2.24, 2.45) is 10.2 Å². The molecule has 0 saturated heterocycles. The molecule has 0 amide bonds. The summed E-state index contributed by atoms with van der Waals surface area (Å²) >= 11 is 1.56. The van der Waals surface area contributed by atoms with E-state index < -0.39 is 0 Å². The third-order valence-corrected chi connectivity index (χ3v) is 4.61. The lowest BCUT2D eigenvalue weighted by molar-refractivity contribution is -0.133. The van der Waals surface area contributed by atoms with Gasteiger partial charge < -0.3 is 9.47 Å². The summed E-state index contributed by atoms with van der Waals surface area (Å²) in [7, 11) is 0. The van der Waals surface area contributed by atoms with Crippen molar-refractivity contribution in [3.05, 3.63) is 70.9 Å². The molecular weight excluding hydrogens is 372 g/mol. The van der Waals surface area contributed by atoms with Crippen molar-refractivity contribution in [2.45, 2.75) is 26.2 Å². The summed E-state index contributed by atoms with van der Waals surface area (Å²) in [4.78, 5) is 11.9. The van der Waals surface area contributed by atoms with E-state index in [9.17, 15) is 4.79 Å². The summed E-state index contributed by atoms with van der Waals surface area (Å²) in [5, 5.41) is 12.3. The molecule has 1 aromatic heterocycles. The van der Waals surface area contributed by atoms with E-state index in [1.54, 1.807) is 35.6 Å². The van der Waals surface area contributed by atoms with E-state index in [0.717, 1.165) is 36.4 Å². The minimum absolute atomic E-state index is 0.267. The summed E-state index contributed by atoms with van der Waals surface area (Å²) in [6.45, 7) is 2.86. The number of unbranched alkanes of at least 4 members (excludes halogenated alkanes) is 1. The maximum absolute atomic E-state index is 11.9. The van der Waals surface area contributed by atoms with Crippen LogP contribution < -0.4 is 9.47 Å². The van der Waals surface area contributed by atoms with E-state index in [0.29, 0.717) is 11.4 Å². The average Bonchev–Trinajstić information content (AvgIpc) is 3.21. The van der Waals surface area contributed by atoms with Gasteiger partial charge in [-0.1, -0.05) is 13.3 Å². The minimum Gasteiger partial charge on any atom is -0.494 e. The van der Waals surface area contributed by atoms with Gasteiger partial charge in [0.1, 0.15) is 11.5 Å². The zero-order valence-corrected chi connectivity index (χ0v) is 16.5. The first-order valence-corrected chi connectivity index (χ1v) is 10.1. The summed E-state index contributed by atoms with van der Waals surface area (Å²) in [5.74, 6) is 1.04. The van der Waals surface area contributed by atoms with Crippen LogP contribution in [0.1, 0.15) is 25.3 Å². The second kappa shape index (κ2) is 10.4. The second-order valence-corrected chi connectivity index (χ2v) is 6.95. The predicted molar refractivity (Wildman–Crippen MR) is 111 cm³/mol. The Morgan fingerprint density at radius 3 is 2.14 bits per heavy atom. The molecule has 0 bridgehead atoms. The van der Waals surface area contributed by atoms with Crippen LogP contribution in [0.2, 0.25) is 0 Å². The van der Waals surface area contributed by atoms with Gasteiger partial charge in [-0.05, 0) is 77.3 Å². The molecule has 6 heteroatoms. The number of esters is 1. The molecule has 0 atom stereocenters. The van der Waals surface area contributed by atoms with Crippen molar-refractivity contribution in [2.75, 3.05) is 6.61 Å². The Morgan fingerprint density at radius 1 is 0.929 bits per heavy atom. The molecule has 144 valence electrons. The summed E-state index contributed by atoms with van der Waals surface area (Å²) < 4.78 is 11.0. The normalized spacial score (nSPS) is 10.9. The zero-order valence-electron chi connectivity index (χ0n) is 15.7. The largest absolute Gasteiger partial charge is 0.494 e. The van der Waals surface area contributed by atoms with Crippen molar-refractivity contribution in [1.29, 1.82) is 0 Å². The third-order valence-electron chi connectivity index (χ3n) is 3.88. The highest BCUT2D eigenvalue weighted by molar-refractivity contribution is 7.08. The van der Waals surface area contributed by atoms with E-state index in [2.05, 4.69) is 17.2 Å². The molecule has 1 heterocycles. The number of benzene rings is 2. The number of hydrogen-bond donors (Lipinski definition) is 0. The molecule has 5 nitrogen and oxygen atoms in total. The van der Waals surface area contributed by atoms with Gasteiger partial charge in [0.05, 0.1) is 24.4 Å². The van der Waals surface area contributed by atoms with Gasteiger partial charge in [-0.15, -0.1) is 0 Å². The van der Waals surface area contributed by atoms with Crippen LogP contribution in [0.3, 0.4) is 0 Å². The lowest BCUT2D eigenvalue weighted by Crippen LogP contribution is -2.10. The lowest BCUT2D eigenvalue weighted by atomic mass is 10.2. The topological polar surface area (TPSA) is 60.3 Å². The molecule has 0 radical (unpaired) electrons. The molecule has 0 fully saturated rings. The van der Waals surface area contributed by atoms with Gasteiger partial charge in [0, 0.05) is 0 Å². The maximum Gasteiger partial charge on any atom is 0.315 e. The van der Waals surface area contributed by atoms with Crippen molar-refractivity contribution < 1.29 is 14.3 Å². The second-order valence-electron chi connectivity index (χ2n) is 6.17. The highest BCUT2D eigenvalue weighted by atomic mass is 32.1. The summed E-state index contributed by atoms with van der Waals surface area (Å²) in [5.41, 5.74) is 2.39. The standard InChI is InChI=1S/C22H22N2O3S/c1-2-3-13-26-20-8-4-18(5-9-20)23-24-19-6-10-21(11-7-19)27-22(25)15-17-12-14-28-16-17/h4-12,14,16H,2-3,13,15H2,1H3. The van der Waals surface area contributed by atoms with Crippen LogP contribution in [0.15, 0.2) is 75.6 Å². The average molecular weight is 394 g/mol. The Kier molecular flexibility index (Phi) is 7.32. The van der Waals surface area contributed by atoms with Crippen LogP contribution in [-0.2, 0) is 11.2 Å². The lowest BCUT2D eigenvalue weighted by Gasteiger charge is -2.04. The maximum atomic E-state index is 11.9. The summed E-state index contributed by atoms with van der Waals surface area (Å²) in [6.07, 6.45) is 2.42. The van der Waals surface area contributed by atoms with Crippen molar-refractivity contribution in [3.63, 3.8) is 0 Å². The molecule has 0 spiro atoms. The highest BCUT2D eigenvalue weighted by Crippen LogP contribution is 2.23. The predicted octanol–water partition coefficient (Wildman–Crippen LogP) is 6.49. The monoisotopic (exact) mass is 394 g/mol. The fraction of sp³-hybridized carbons (Fsp3) is 0.227. The molecule has 0 aliphatic rings. The fourth-order valence-electron chi connectivity index (χ4n) is 2.37. The van der Waals surface area contributed by atoms with Gasteiger partial charge in [0.25, 0.3) is 0 Å². The Hall–Kier alpha value is -2.99. The van der Waals surface area contributed by atoms with Gasteiger partial charge >= 0.3 is 5.97 Å². The molecule has 0 aliphatic heterocycles. The number of hydrogen-bond acceptors (Lipinski definition) is 6. The first-order valence-electron chi connectivity index (χ1n) is 9.19. The van der Waals surface area contributed by atoms with Crippen LogP contribution in [0.5, 0.6) is 11.5 Å². The molecule has 2 aromatic carbocycles. The van der Waals surface area contributed by atoms with Crippen molar-refractivity contribution in [3.8, 4) is 11.5 Å². The zero-order chi connectivity index (χ0) is 19.6. The Labute approximate surface area is 168 Å². The van der Waals surface area contributed by atoms with Crippen LogP contribution in [0, 0.1) is 0 Å². The molecule has 3 aromatic rings. The minimum atomic E-state index is -0.283. The smallest absolute Gasteiger partial charge is 0.315 e. The van der Waals surface area contributed by atoms with Gasteiger partial charge in [0.15, 0.2) is 0 Å². The SMILES string of the molecule is CCCCOc1ccc(N=Nc2ccc(OC(=O)Cc3ccsc3)cc2)cc1. The molecule has 3 rings (SSSR count). The van der Waals surface area contributed by atoms with Crippen molar-refractivity contribution >= 4 is 28.7 Å². The van der Waals surface area contributed by atoms with E-state index in [1.165, 1.54) is 0 Å². The highest BCUT2D eigenvalue weighted by Gasteiger charge is 2.06. The number of ether oxygens (including phenoxy) is 2. The number of nitrogens with zero attached hydrogens (tertiary/aromatic N) is 2. The summed E-state index contributed by atoms with van der Waals surface area (Å²) in [6, 6.07) is 16.4. The molecule has 0 N–H and O–H groups in total. The number of rotatable bonds is 9. The third kappa shape index (κ3) is 6.32. The molecule has 0 aliphatic carbocycles. The Morgan fingerprint density at radius 2 is 1.57 bits per heavy atom. The molecule has 28 heavy (non-hydrogen) atoms. The number of carbonyl (C=O) groups excluding carboxylic acids is 1. The van der Waals surface area contributed by atoms with Crippen LogP contribution in [0.4, 0.5) is 11.4 Å². The van der Waals surface area contributed by atoms with E-state index in [4.69, 9.17) is 9.47 Å². The number of azo groups is 1. The van der Waals surface area contributed by atoms with Gasteiger partial charge in [0.2, 0.25) is 0 Å². The molecular formula is C22H22N2O3S. The Bertz CT molecular complexity index is 889. The first-order chi connectivity index (χ1) is 13.7. The number of thiophene rings is 1. The van der Waals surface area contributed by atoms with Crippen LogP contribution in [0.25, 0.3) is 0 Å². The molecule has 0 unspecified atom stereocenters. The Balaban J connectivity index is 1.51. The van der Waals surface area contributed by atoms with Crippen LogP contribution in [-0.4, -0.2) is 12.6 Å². The van der Waals surface area contributed by atoms with Gasteiger partial charge in [-0.3, -0.25) is 4.79 Å². The van der Waals surface area contributed by atoms with Gasteiger partial charge in [-0.2, -0.15) is 21.6 Å². The quantitative estimate of drug-likeness (QED) is 0.180. The number of carbonyl (C=O) groups is 1. The van der Waals surface area contributed by atoms with E-state index in [-0.39, 0.29) is 12.4 Å². The van der Waals surface area contributed by atoms with Crippen molar-refractivity contribution in [1.82, 2.24) is 0 Å².